The molecule has 18 heavy (non-hydrogen) atoms. The Hall–Kier alpha value is -1.13. The minimum Gasteiger partial charge on any atom is -0.307 e. The average molecular weight is 271 g/mol. The van der Waals surface area contributed by atoms with E-state index >= 15 is 0 Å². The van der Waals surface area contributed by atoms with Crippen LogP contribution in [0.25, 0.3) is 0 Å². The molecule has 4 nitrogen and oxygen atoms in total. The van der Waals surface area contributed by atoms with Crippen molar-refractivity contribution in [3.63, 3.8) is 0 Å². The van der Waals surface area contributed by atoms with Crippen LogP contribution in [0.1, 0.15) is 39.2 Å². The van der Waals surface area contributed by atoms with Crippen molar-refractivity contribution < 1.29 is 4.92 Å². The second-order valence-electron chi connectivity index (χ2n) is 4.65. The van der Waals surface area contributed by atoms with Crippen LogP contribution in [0, 0.1) is 10.1 Å². The number of halogens is 1. The van der Waals surface area contributed by atoms with Crippen molar-refractivity contribution in [2.24, 2.45) is 0 Å². The van der Waals surface area contributed by atoms with Gasteiger partial charge in [0.05, 0.1) is 4.92 Å². The van der Waals surface area contributed by atoms with Crippen molar-refractivity contribution in [3.05, 3.63) is 38.9 Å². The molecule has 5 heteroatoms. The molecule has 100 valence electrons. The van der Waals surface area contributed by atoms with Crippen LogP contribution in [0.4, 0.5) is 5.69 Å². The first-order chi connectivity index (χ1) is 8.41. The van der Waals surface area contributed by atoms with Gasteiger partial charge in [-0.25, -0.2) is 0 Å². The summed E-state index contributed by atoms with van der Waals surface area (Å²) in [6, 6.07) is 4.65. The number of nitrogens with zero attached hydrogens (tertiary/aromatic N) is 1. The summed E-state index contributed by atoms with van der Waals surface area (Å²) in [6.45, 7) is 6.77. The summed E-state index contributed by atoms with van der Waals surface area (Å²) >= 11 is 5.89. The molecular formula is C13H19ClN2O2. The fraction of sp³-hybridized carbons (Fsp3) is 0.538. The monoisotopic (exact) mass is 270 g/mol. The van der Waals surface area contributed by atoms with Crippen molar-refractivity contribution in [2.75, 3.05) is 0 Å². The van der Waals surface area contributed by atoms with Crippen LogP contribution >= 0.6 is 11.6 Å². The largest absolute Gasteiger partial charge is 0.307 e. The molecule has 0 aromatic heterocycles. The molecule has 0 aliphatic rings. The van der Waals surface area contributed by atoms with Gasteiger partial charge >= 0.3 is 0 Å². The number of hydrogen-bond acceptors (Lipinski definition) is 3. The Bertz CT molecular complexity index is 431. The Morgan fingerprint density at radius 2 is 2.00 bits per heavy atom. The lowest BCUT2D eigenvalue weighted by atomic mass is 9.95. The number of nitrogens with one attached hydrogen (secondary N) is 1. The zero-order valence-corrected chi connectivity index (χ0v) is 11.8. The van der Waals surface area contributed by atoms with Gasteiger partial charge < -0.3 is 5.32 Å². The zero-order chi connectivity index (χ0) is 13.8. The normalized spacial score (nSPS) is 11.6. The highest BCUT2D eigenvalue weighted by atomic mass is 35.5. The van der Waals surface area contributed by atoms with Gasteiger partial charge in [-0.3, -0.25) is 10.1 Å². The summed E-state index contributed by atoms with van der Waals surface area (Å²) in [7, 11) is 0. The van der Waals surface area contributed by atoms with Crippen LogP contribution in [-0.2, 0) is 6.54 Å². The number of nitro benzene ring substituents is 1. The van der Waals surface area contributed by atoms with Crippen LogP contribution in [0.15, 0.2) is 18.2 Å². The number of hydrogen-bond donors (Lipinski definition) is 1. The third kappa shape index (κ3) is 3.68. The topological polar surface area (TPSA) is 55.2 Å². The maximum absolute atomic E-state index is 10.9. The molecule has 1 N–H and O–H groups in total. The fourth-order valence-corrected chi connectivity index (χ4v) is 1.88. The standard InChI is InChI=1S/C13H19ClN2O2/c1-4-13(3,5-2)15-9-10-8-11(14)6-7-12(10)16(17)18/h6-8,15H,4-5,9H2,1-3H3. The van der Waals surface area contributed by atoms with Crippen molar-refractivity contribution in [2.45, 2.75) is 45.7 Å². The van der Waals surface area contributed by atoms with Gasteiger partial charge in [0, 0.05) is 28.7 Å². The van der Waals surface area contributed by atoms with E-state index in [-0.39, 0.29) is 16.1 Å². The molecule has 0 radical (unpaired) electrons. The fourth-order valence-electron chi connectivity index (χ4n) is 1.68. The van der Waals surface area contributed by atoms with E-state index in [4.69, 9.17) is 11.6 Å². The predicted octanol–water partition coefficient (Wildman–Crippen LogP) is 3.92. The van der Waals surface area contributed by atoms with Gasteiger partial charge in [-0.15, -0.1) is 0 Å². The van der Waals surface area contributed by atoms with Crippen molar-refractivity contribution in [1.29, 1.82) is 0 Å². The Balaban J connectivity index is 2.90. The highest BCUT2D eigenvalue weighted by molar-refractivity contribution is 6.30. The van der Waals surface area contributed by atoms with Crippen LogP contribution in [0.5, 0.6) is 0 Å². The first kappa shape index (κ1) is 14.9. The Labute approximate surface area is 112 Å². The molecule has 1 aromatic carbocycles. The van der Waals surface area contributed by atoms with E-state index in [9.17, 15) is 10.1 Å². The lowest BCUT2D eigenvalue weighted by molar-refractivity contribution is -0.385. The van der Waals surface area contributed by atoms with Crippen molar-refractivity contribution in [3.8, 4) is 0 Å². The van der Waals surface area contributed by atoms with Crippen molar-refractivity contribution >= 4 is 17.3 Å². The van der Waals surface area contributed by atoms with Gasteiger partial charge in [0.1, 0.15) is 0 Å². The van der Waals surface area contributed by atoms with Crippen molar-refractivity contribution in [1.82, 2.24) is 5.32 Å². The summed E-state index contributed by atoms with van der Waals surface area (Å²) in [4.78, 5) is 10.6. The number of rotatable bonds is 6. The van der Waals surface area contributed by atoms with Gasteiger partial charge in [-0.2, -0.15) is 0 Å². The van der Waals surface area contributed by atoms with E-state index in [1.165, 1.54) is 6.07 Å². The van der Waals surface area contributed by atoms with Crippen LogP contribution in [0.2, 0.25) is 5.02 Å². The van der Waals surface area contributed by atoms with Gasteiger partial charge in [0.15, 0.2) is 0 Å². The molecule has 0 saturated heterocycles. The van der Waals surface area contributed by atoms with E-state index in [2.05, 4.69) is 26.1 Å². The number of benzene rings is 1. The molecule has 0 unspecified atom stereocenters. The molecule has 0 fully saturated rings. The van der Waals surface area contributed by atoms with Gasteiger partial charge in [-0.1, -0.05) is 25.4 Å². The Morgan fingerprint density at radius 3 is 2.50 bits per heavy atom. The average Bonchev–Trinajstić information content (AvgIpc) is 2.35. The van der Waals surface area contributed by atoms with Gasteiger partial charge in [-0.05, 0) is 31.9 Å². The minimum atomic E-state index is -0.372. The second kappa shape index (κ2) is 6.16. The molecule has 0 spiro atoms. The second-order valence-corrected chi connectivity index (χ2v) is 5.09. The smallest absolute Gasteiger partial charge is 0.273 e. The SMILES string of the molecule is CCC(C)(CC)NCc1cc(Cl)ccc1[N+](=O)[O-]. The van der Waals surface area contributed by atoms with E-state index in [0.29, 0.717) is 17.1 Å². The first-order valence-electron chi connectivity index (χ1n) is 6.09. The molecule has 0 saturated carbocycles. The van der Waals surface area contributed by atoms with E-state index < -0.39 is 0 Å². The third-order valence-corrected chi connectivity index (χ3v) is 3.74. The van der Waals surface area contributed by atoms with Crippen LogP contribution < -0.4 is 5.32 Å². The molecule has 0 bridgehead atoms. The Kier molecular flexibility index (Phi) is 5.11. The van der Waals surface area contributed by atoms with Gasteiger partial charge in [0.2, 0.25) is 0 Å². The molecule has 0 atom stereocenters. The lowest BCUT2D eigenvalue weighted by Gasteiger charge is -2.28. The maximum atomic E-state index is 10.9. The molecule has 1 aromatic rings. The van der Waals surface area contributed by atoms with E-state index in [1.54, 1.807) is 12.1 Å². The van der Waals surface area contributed by atoms with Crippen LogP contribution in [-0.4, -0.2) is 10.5 Å². The minimum absolute atomic E-state index is 0.00378. The molecular weight excluding hydrogens is 252 g/mol. The highest BCUT2D eigenvalue weighted by Crippen LogP contribution is 2.24. The summed E-state index contributed by atoms with van der Waals surface area (Å²) < 4.78 is 0. The third-order valence-electron chi connectivity index (χ3n) is 3.50. The summed E-state index contributed by atoms with van der Waals surface area (Å²) in [6.07, 6.45) is 1.94. The van der Waals surface area contributed by atoms with Crippen LogP contribution in [0.3, 0.4) is 0 Å². The zero-order valence-electron chi connectivity index (χ0n) is 11.0. The number of nitro groups is 1. The quantitative estimate of drug-likeness (QED) is 0.630. The summed E-state index contributed by atoms with van der Waals surface area (Å²) in [5.74, 6) is 0. The molecule has 0 heterocycles. The summed E-state index contributed by atoms with van der Waals surface area (Å²) in [5.41, 5.74) is 0.734. The Morgan fingerprint density at radius 1 is 1.39 bits per heavy atom. The van der Waals surface area contributed by atoms with E-state index in [1.807, 2.05) is 0 Å². The molecule has 0 amide bonds. The lowest BCUT2D eigenvalue weighted by Crippen LogP contribution is -2.40. The summed E-state index contributed by atoms with van der Waals surface area (Å²) in [5, 5.41) is 14.8. The molecule has 0 aliphatic carbocycles. The molecule has 0 aliphatic heterocycles. The highest BCUT2D eigenvalue weighted by Gasteiger charge is 2.21. The maximum Gasteiger partial charge on any atom is 0.273 e. The van der Waals surface area contributed by atoms with Gasteiger partial charge in [0.25, 0.3) is 5.69 Å². The predicted molar refractivity (Wildman–Crippen MR) is 73.9 cm³/mol. The first-order valence-corrected chi connectivity index (χ1v) is 6.47. The molecule has 1 rings (SSSR count). The van der Waals surface area contributed by atoms with E-state index in [0.717, 1.165) is 12.8 Å².